The molecule has 1 unspecified atom stereocenters. The van der Waals surface area contributed by atoms with Gasteiger partial charge in [-0.05, 0) is 12.3 Å². The fourth-order valence-corrected chi connectivity index (χ4v) is 1.15. The number of nitrogens with zero attached hydrogens (tertiary/aromatic N) is 1. The summed E-state index contributed by atoms with van der Waals surface area (Å²) in [5.41, 5.74) is 10.5. The zero-order valence-electron chi connectivity index (χ0n) is 8.21. The van der Waals surface area contributed by atoms with Crippen LogP contribution in [0, 0.1) is 5.92 Å². The summed E-state index contributed by atoms with van der Waals surface area (Å²) in [6.07, 6.45) is 4.93. The third kappa shape index (κ3) is 6.01. The monoisotopic (exact) mass is 171 g/mol. The Labute approximate surface area is 75.2 Å². The van der Waals surface area contributed by atoms with Crippen molar-refractivity contribution in [3.63, 3.8) is 0 Å². The van der Waals surface area contributed by atoms with E-state index in [4.69, 9.17) is 11.5 Å². The second-order valence-corrected chi connectivity index (χ2v) is 3.18. The van der Waals surface area contributed by atoms with E-state index in [2.05, 4.69) is 18.8 Å². The van der Waals surface area contributed by atoms with E-state index >= 15 is 0 Å². The lowest BCUT2D eigenvalue weighted by Crippen LogP contribution is -2.24. The molecule has 3 heteroatoms. The van der Waals surface area contributed by atoms with Crippen molar-refractivity contribution in [2.45, 2.75) is 39.5 Å². The molecule has 0 aromatic heterocycles. The SMILES string of the molecule is CCCCC(CC)CN=C(N)N. The molecular weight excluding hydrogens is 150 g/mol. The number of rotatable bonds is 6. The summed E-state index contributed by atoms with van der Waals surface area (Å²) in [5, 5.41) is 0. The summed E-state index contributed by atoms with van der Waals surface area (Å²) in [4.78, 5) is 4.02. The number of hydrogen-bond acceptors (Lipinski definition) is 1. The second kappa shape index (κ2) is 6.95. The van der Waals surface area contributed by atoms with Gasteiger partial charge in [-0.15, -0.1) is 0 Å². The molecule has 0 radical (unpaired) electrons. The molecule has 12 heavy (non-hydrogen) atoms. The van der Waals surface area contributed by atoms with Crippen molar-refractivity contribution in [1.82, 2.24) is 0 Å². The summed E-state index contributed by atoms with van der Waals surface area (Å²) in [6, 6.07) is 0. The van der Waals surface area contributed by atoms with E-state index in [9.17, 15) is 0 Å². The molecule has 3 nitrogen and oxygen atoms in total. The minimum Gasteiger partial charge on any atom is -0.370 e. The summed E-state index contributed by atoms with van der Waals surface area (Å²) >= 11 is 0. The molecule has 0 aromatic rings. The highest BCUT2D eigenvalue weighted by atomic mass is 15.0. The van der Waals surface area contributed by atoms with Crippen LogP contribution >= 0.6 is 0 Å². The quantitative estimate of drug-likeness (QED) is 0.469. The van der Waals surface area contributed by atoms with Gasteiger partial charge >= 0.3 is 0 Å². The molecular formula is C9H21N3. The maximum atomic E-state index is 5.25. The van der Waals surface area contributed by atoms with Crippen molar-refractivity contribution < 1.29 is 0 Å². The van der Waals surface area contributed by atoms with Crippen molar-refractivity contribution in [1.29, 1.82) is 0 Å². The Kier molecular flexibility index (Phi) is 6.53. The molecule has 0 aliphatic carbocycles. The molecule has 0 aliphatic rings. The molecule has 4 N–H and O–H groups in total. The van der Waals surface area contributed by atoms with Gasteiger partial charge in [-0.1, -0.05) is 33.1 Å². The van der Waals surface area contributed by atoms with E-state index in [1.807, 2.05) is 0 Å². The molecule has 0 saturated heterocycles. The maximum absolute atomic E-state index is 5.25. The average Bonchev–Trinajstić information content (AvgIpc) is 2.05. The summed E-state index contributed by atoms with van der Waals surface area (Å²) in [7, 11) is 0. The highest BCUT2D eigenvalue weighted by Gasteiger charge is 2.03. The number of guanidine groups is 1. The van der Waals surface area contributed by atoms with Gasteiger partial charge in [0.1, 0.15) is 0 Å². The minimum atomic E-state index is 0.213. The van der Waals surface area contributed by atoms with Crippen molar-refractivity contribution in [3.8, 4) is 0 Å². The smallest absolute Gasteiger partial charge is 0.185 e. The first-order valence-electron chi connectivity index (χ1n) is 4.76. The minimum absolute atomic E-state index is 0.213. The van der Waals surface area contributed by atoms with Gasteiger partial charge in [-0.3, -0.25) is 4.99 Å². The Morgan fingerprint density at radius 1 is 1.33 bits per heavy atom. The molecule has 0 spiro atoms. The summed E-state index contributed by atoms with van der Waals surface area (Å²) in [5.74, 6) is 0.872. The Hall–Kier alpha value is -0.730. The van der Waals surface area contributed by atoms with E-state index in [1.54, 1.807) is 0 Å². The van der Waals surface area contributed by atoms with Crippen LogP contribution in [-0.2, 0) is 0 Å². The lowest BCUT2D eigenvalue weighted by atomic mass is 10.00. The van der Waals surface area contributed by atoms with E-state index in [-0.39, 0.29) is 5.96 Å². The first kappa shape index (κ1) is 11.3. The first-order chi connectivity index (χ1) is 5.70. The van der Waals surface area contributed by atoms with Crippen LogP contribution in [0.5, 0.6) is 0 Å². The predicted molar refractivity (Wildman–Crippen MR) is 54.0 cm³/mol. The predicted octanol–water partition coefficient (Wildman–Crippen LogP) is 1.48. The van der Waals surface area contributed by atoms with Crippen molar-refractivity contribution >= 4 is 5.96 Å². The van der Waals surface area contributed by atoms with Gasteiger partial charge in [0.25, 0.3) is 0 Å². The standard InChI is InChI=1S/C9H21N3/c1-3-5-6-8(4-2)7-12-9(10)11/h8H,3-7H2,1-2H3,(H4,10,11,12). The third-order valence-corrected chi connectivity index (χ3v) is 2.08. The Balaban J connectivity index is 3.60. The molecule has 0 rings (SSSR count). The van der Waals surface area contributed by atoms with Crippen LogP contribution in [0.2, 0.25) is 0 Å². The lowest BCUT2D eigenvalue weighted by Gasteiger charge is -2.10. The first-order valence-corrected chi connectivity index (χ1v) is 4.76. The largest absolute Gasteiger partial charge is 0.370 e. The number of nitrogens with two attached hydrogens (primary N) is 2. The zero-order chi connectivity index (χ0) is 9.40. The number of aliphatic imine (C=N–C) groups is 1. The molecule has 0 amide bonds. The van der Waals surface area contributed by atoms with Crippen molar-refractivity contribution in [2.24, 2.45) is 22.4 Å². The number of hydrogen-bond donors (Lipinski definition) is 2. The summed E-state index contributed by atoms with van der Waals surface area (Å²) in [6.45, 7) is 5.18. The van der Waals surface area contributed by atoms with Crippen molar-refractivity contribution in [3.05, 3.63) is 0 Å². The molecule has 0 bridgehead atoms. The normalized spacial score (nSPS) is 12.5. The topological polar surface area (TPSA) is 64.4 Å². The highest BCUT2D eigenvalue weighted by Crippen LogP contribution is 2.12. The van der Waals surface area contributed by atoms with Gasteiger partial charge in [0.2, 0.25) is 0 Å². The fraction of sp³-hybridized carbons (Fsp3) is 0.889. The molecule has 0 aliphatic heterocycles. The fourth-order valence-electron chi connectivity index (χ4n) is 1.15. The number of unbranched alkanes of at least 4 members (excludes halogenated alkanes) is 1. The maximum Gasteiger partial charge on any atom is 0.185 e. The second-order valence-electron chi connectivity index (χ2n) is 3.18. The van der Waals surface area contributed by atoms with E-state index in [0.29, 0.717) is 5.92 Å². The van der Waals surface area contributed by atoms with Crippen LogP contribution in [0.4, 0.5) is 0 Å². The van der Waals surface area contributed by atoms with Gasteiger partial charge in [0.05, 0.1) is 0 Å². The van der Waals surface area contributed by atoms with Gasteiger partial charge in [-0.25, -0.2) is 0 Å². The molecule has 0 aromatic carbocycles. The van der Waals surface area contributed by atoms with Gasteiger partial charge in [-0.2, -0.15) is 0 Å². The van der Waals surface area contributed by atoms with Gasteiger partial charge in [0, 0.05) is 6.54 Å². The molecule has 72 valence electrons. The van der Waals surface area contributed by atoms with E-state index in [1.165, 1.54) is 19.3 Å². The Morgan fingerprint density at radius 3 is 2.42 bits per heavy atom. The lowest BCUT2D eigenvalue weighted by molar-refractivity contribution is 0.462. The Bertz CT molecular complexity index is 128. The van der Waals surface area contributed by atoms with Gasteiger partial charge < -0.3 is 11.5 Å². The zero-order valence-corrected chi connectivity index (χ0v) is 8.21. The third-order valence-electron chi connectivity index (χ3n) is 2.08. The average molecular weight is 171 g/mol. The molecule has 1 atom stereocenters. The molecule has 0 fully saturated rings. The van der Waals surface area contributed by atoms with Crippen LogP contribution in [0.15, 0.2) is 4.99 Å². The van der Waals surface area contributed by atoms with Crippen LogP contribution in [-0.4, -0.2) is 12.5 Å². The summed E-state index contributed by atoms with van der Waals surface area (Å²) < 4.78 is 0. The molecule has 0 heterocycles. The van der Waals surface area contributed by atoms with E-state index < -0.39 is 0 Å². The van der Waals surface area contributed by atoms with E-state index in [0.717, 1.165) is 13.0 Å². The van der Waals surface area contributed by atoms with Crippen molar-refractivity contribution in [2.75, 3.05) is 6.54 Å². The van der Waals surface area contributed by atoms with Gasteiger partial charge in [0.15, 0.2) is 5.96 Å². The molecule has 0 saturated carbocycles. The van der Waals surface area contributed by atoms with Crippen LogP contribution < -0.4 is 11.5 Å². The highest BCUT2D eigenvalue weighted by molar-refractivity contribution is 5.75. The van der Waals surface area contributed by atoms with Crippen LogP contribution in [0.1, 0.15) is 39.5 Å². The van der Waals surface area contributed by atoms with Crippen LogP contribution in [0.25, 0.3) is 0 Å². The Morgan fingerprint density at radius 2 is 2.00 bits per heavy atom. The van der Waals surface area contributed by atoms with Crippen LogP contribution in [0.3, 0.4) is 0 Å².